The first-order chi connectivity index (χ1) is 7.27. The van der Waals surface area contributed by atoms with Gasteiger partial charge in [-0.25, -0.2) is 4.68 Å². The molecule has 0 bridgehead atoms. The van der Waals surface area contributed by atoms with Crippen molar-refractivity contribution in [3.63, 3.8) is 0 Å². The van der Waals surface area contributed by atoms with Gasteiger partial charge in [-0.2, -0.15) is 0 Å². The largest absolute Gasteiger partial charge is 0.390 e. The molecular weight excluding hydrogens is 218 g/mol. The van der Waals surface area contributed by atoms with Crippen molar-refractivity contribution in [1.82, 2.24) is 20.2 Å². The fourth-order valence-electron chi connectivity index (χ4n) is 0.974. The number of nitrogens with two attached hydrogens (primary N) is 1. The molecule has 15 heavy (non-hydrogen) atoms. The molecule has 1 rings (SSSR count). The summed E-state index contributed by atoms with van der Waals surface area (Å²) in [7, 11) is 1.55. The van der Waals surface area contributed by atoms with Crippen molar-refractivity contribution in [2.45, 2.75) is 17.8 Å². The van der Waals surface area contributed by atoms with Crippen molar-refractivity contribution in [2.24, 2.45) is 5.73 Å². The van der Waals surface area contributed by atoms with Crippen LogP contribution >= 0.6 is 11.8 Å². The Balaban J connectivity index is 2.39. The highest BCUT2D eigenvalue weighted by molar-refractivity contribution is 7.99. The Kier molecular flexibility index (Phi) is 5.54. The monoisotopic (exact) mass is 233 g/mol. The maximum Gasteiger partial charge on any atom is 0.209 e. The summed E-state index contributed by atoms with van der Waals surface area (Å²) < 4.78 is 6.42. The van der Waals surface area contributed by atoms with Crippen LogP contribution in [0.15, 0.2) is 5.16 Å². The molecule has 0 amide bonds. The van der Waals surface area contributed by atoms with Crippen LogP contribution in [0.4, 0.5) is 0 Å². The summed E-state index contributed by atoms with van der Waals surface area (Å²) in [5, 5.41) is 21.2. The van der Waals surface area contributed by atoms with Crippen LogP contribution in [0.1, 0.15) is 0 Å². The van der Waals surface area contributed by atoms with Crippen molar-refractivity contribution in [3.05, 3.63) is 0 Å². The summed E-state index contributed by atoms with van der Waals surface area (Å²) in [5.41, 5.74) is 5.40. The molecule has 7 nitrogen and oxygen atoms in total. The van der Waals surface area contributed by atoms with Crippen LogP contribution in [0.3, 0.4) is 0 Å². The zero-order chi connectivity index (χ0) is 11.1. The third kappa shape index (κ3) is 4.12. The van der Waals surface area contributed by atoms with Crippen molar-refractivity contribution < 1.29 is 9.84 Å². The summed E-state index contributed by atoms with van der Waals surface area (Å²) in [6, 6.07) is 0. The maximum absolute atomic E-state index is 9.42. The molecule has 1 atom stereocenters. The molecule has 0 aromatic carbocycles. The van der Waals surface area contributed by atoms with E-state index in [0.717, 1.165) is 0 Å². The van der Waals surface area contributed by atoms with Gasteiger partial charge in [-0.3, -0.25) is 0 Å². The molecule has 0 saturated carbocycles. The van der Waals surface area contributed by atoms with E-state index in [1.165, 1.54) is 11.8 Å². The van der Waals surface area contributed by atoms with Crippen LogP contribution in [-0.4, -0.2) is 57.4 Å². The Morgan fingerprint density at radius 2 is 2.47 bits per heavy atom. The van der Waals surface area contributed by atoms with Gasteiger partial charge in [0.25, 0.3) is 0 Å². The molecule has 0 saturated heterocycles. The average molecular weight is 233 g/mol. The van der Waals surface area contributed by atoms with Crippen molar-refractivity contribution in [1.29, 1.82) is 0 Å². The van der Waals surface area contributed by atoms with E-state index in [2.05, 4.69) is 15.5 Å². The molecule has 0 spiro atoms. The number of aromatic nitrogens is 4. The number of aliphatic hydroxyl groups is 1. The van der Waals surface area contributed by atoms with Crippen LogP contribution in [0.25, 0.3) is 0 Å². The van der Waals surface area contributed by atoms with Gasteiger partial charge in [-0.1, -0.05) is 11.8 Å². The molecule has 8 heteroatoms. The second kappa shape index (κ2) is 6.72. The smallest absolute Gasteiger partial charge is 0.209 e. The summed E-state index contributed by atoms with van der Waals surface area (Å²) in [6.07, 6.45) is -0.511. The highest BCUT2D eigenvalue weighted by atomic mass is 32.2. The standard InChI is InChI=1S/C7H15N5O2S/c1-14-4-6(13)5-15-7-9-10-11-12(7)3-2-8/h6,13H,2-5,8H2,1H3. The Bertz CT molecular complexity index is 282. The number of tetrazole rings is 1. The van der Waals surface area contributed by atoms with Gasteiger partial charge in [-0.15, -0.1) is 5.10 Å². The van der Waals surface area contributed by atoms with E-state index in [1.807, 2.05) is 0 Å². The van der Waals surface area contributed by atoms with Crippen molar-refractivity contribution in [2.75, 3.05) is 26.0 Å². The van der Waals surface area contributed by atoms with Gasteiger partial charge in [0.1, 0.15) is 0 Å². The Morgan fingerprint density at radius 3 is 3.13 bits per heavy atom. The molecule has 0 fully saturated rings. The van der Waals surface area contributed by atoms with Crippen molar-refractivity contribution in [3.8, 4) is 0 Å². The molecule has 1 aromatic rings. The normalized spacial score (nSPS) is 13.0. The van der Waals surface area contributed by atoms with Gasteiger partial charge in [0, 0.05) is 19.4 Å². The van der Waals surface area contributed by atoms with Crippen LogP contribution in [0, 0.1) is 0 Å². The summed E-state index contributed by atoms with van der Waals surface area (Å²) in [6.45, 7) is 1.38. The predicted molar refractivity (Wildman–Crippen MR) is 55.5 cm³/mol. The summed E-state index contributed by atoms with van der Waals surface area (Å²) >= 11 is 1.38. The lowest BCUT2D eigenvalue weighted by Gasteiger charge is -2.07. The third-order valence-corrected chi connectivity index (χ3v) is 2.71. The number of methoxy groups -OCH3 is 1. The minimum absolute atomic E-state index is 0.311. The Morgan fingerprint density at radius 1 is 1.67 bits per heavy atom. The topological polar surface area (TPSA) is 99.1 Å². The first-order valence-corrected chi connectivity index (χ1v) is 5.52. The lowest BCUT2D eigenvalue weighted by Crippen LogP contribution is -2.18. The number of thioether (sulfide) groups is 1. The third-order valence-electron chi connectivity index (χ3n) is 1.60. The fraction of sp³-hybridized carbons (Fsp3) is 0.857. The first-order valence-electron chi connectivity index (χ1n) is 4.54. The average Bonchev–Trinajstić information content (AvgIpc) is 2.64. The molecular formula is C7H15N5O2S. The van der Waals surface area contributed by atoms with E-state index in [9.17, 15) is 5.11 Å². The van der Waals surface area contributed by atoms with Gasteiger partial charge < -0.3 is 15.6 Å². The zero-order valence-corrected chi connectivity index (χ0v) is 9.35. The van der Waals surface area contributed by atoms with Crippen molar-refractivity contribution >= 4 is 11.8 Å². The highest BCUT2D eigenvalue weighted by Crippen LogP contribution is 2.14. The van der Waals surface area contributed by atoms with Gasteiger partial charge in [0.2, 0.25) is 5.16 Å². The van der Waals surface area contributed by atoms with Crippen LogP contribution in [0.2, 0.25) is 0 Å². The molecule has 1 heterocycles. The molecule has 0 aliphatic heterocycles. The SMILES string of the molecule is COCC(O)CSc1nnnn1CCN. The zero-order valence-electron chi connectivity index (χ0n) is 8.54. The number of ether oxygens (including phenoxy) is 1. The van der Waals surface area contributed by atoms with E-state index in [-0.39, 0.29) is 0 Å². The van der Waals surface area contributed by atoms with E-state index in [1.54, 1.807) is 11.8 Å². The number of hydrogen-bond acceptors (Lipinski definition) is 7. The minimum Gasteiger partial charge on any atom is -0.390 e. The van der Waals surface area contributed by atoms with Crippen LogP contribution in [-0.2, 0) is 11.3 Å². The van der Waals surface area contributed by atoms with Crippen LogP contribution in [0.5, 0.6) is 0 Å². The molecule has 0 aliphatic rings. The summed E-state index contributed by atoms with van der Waals surface area (Å²) in [5.74, 6) is 0.499. The Hall–Kier alpha value is -0.700. The molecule has 86 valence electrons. The lowest BCUT2D eigenvalue weighted by atomic mass is 10.4. The predicted octanol–water partition coefficient (Wildman–Crippen LogP) is -1.27. The number of rotatable bonds is 7. The molecule has 0 radical (unpaired) electrons. The van der Waals surface area contributed by atoms with Gasteiger partial charge in [0.05, 0.1) is 19.3 Å². The molecule has 0 aliphatic carbocycles. The second-order valence-electron chi connectivity index (χ2n) is 2.89. The van der Waals surface area contributed by atoms with E-state index in [0.29, 0.717) is 30.6 Å². The maximum atomic E-state index is 9.42. The number of hydrogen-bond donors (Lipinski definition) is 2. The summed E-state index contributed by atoms with van der Waals surface area (Å²) in [4.78, 5) is 0. The van der Waals surface area contributed by atoms with Crippen LogP contribution < -0.4 is 5.73 Å². The quantitative estimate of drug-likeness (QED) is 0.566. The first kappa shape index (κ1) is 12.4. The van der Waals surface area contributed by atoms with Gasteiger partial charge >= 0.3 is 0 Å². The molecule has 3 N–H and O–H groups in total. The molecule has 1 unspecified atom stereocenters. The lowest BCUT2D eigenvalue weighted by molar-refractivity contribution is 0.0793. The second-order valence-corrected chi connectivity index (χ2v) is 3.88. The Labute approximate surface area is 92.0 Å². The van der Waals surface area contributed by atoms with Gasteiger partial charge in [0.15, 0.2) is 0 Å². The number of nitrogens with zero attached hydrogens (tertiary/aromatic N) is 4. The van der Waals surface area contributed by atoms with E-state index < -0.39 is 6.10 Å². The van der Waals surface area contributed by atoms with Gasteiger partial charge in [-0.05, 0) is 10.4 Å². The molecule has 1 aromatic heterocycles. The van der Waals surface area contributed by atoms with E-state index in [4.69, 9.17) is 10.5 Å². The van der Waals surface area contributed by atoms with E-state index >= 15 is 0 Å². The number of aliphatic hydroxyl groups excluding tert-OH is 1. The highest BCUT2D eigenvalue weighted by Gasteiger charge is 2.09. The minimum atomic E-state index is -0.511. The fourth-order valence-corrected chi connectivity index (χ4v) is 1.78.